The molecule has 0 saturated heterocycles. The fourth-order valence-electron chi connectivity index (χ4n) is 2.89. The van der Waals surface area contributed by atoms with Gasteiger partial charge in [-0.2, -0.15) is 0 Å². The highest BCUT2D eigenvalue weighted by atomic mass is 16.5. The summed E-state index contributed by atoms with van der Waals surface area (Å²) in [5.41, 5.74) is 1.59. The third kappa shape index (κ3) is 5.12. The largest absolute Gasteiger partial charge is 0.478 e. The maximum absolute atomic E-state index is 5.44. The summed E-state index contributed by atoms with van der Waals surface area (Å²) >= 11 is 0. The molecule has 1 aliphatic rings. The van der Waals surface area contributed by atoms with Crippen LogP contribution in [0.2, 0.25) is 0 Å². The van der Waals surface area contributed by atoms with E-state index in [1.807, 2.05) is 19.1 Å². The quantitative estimate of drug-likeness (QED) is 0.571. The van der Waals surface area contributed by atoms with E-state index in [4.69, 9.17) is 9.73 Å². The molecule has 0 bridgehead atoms. The van der Waals surface area contributed by atoms with E-state index in [9.17, 15) is 0 Å². The second kappa shape index (κ2) is 8.75. The number of aromatic nitrogens is 1. The molecule has 5 nitrogen and oxygen atoms in total. The lowest BCUT2D eigenvalue weighted by atomic mass is 9.67. The minimum Gasteiger partial charge on any atom is -0.478 e. The van der Waals surface area contributed by atoms with Gasteiger partial charge in [0.25, 0.3) is 0 Å². The van der Waals surface area contributed by atoms with Crippen LogP contribution in [0, 0.1) is 5.41 Å². The topological polar surface area (TPSA) is 58.5 Å². The van der Waals surface area contributed by atoms with Gasteiger partial charge in [-0.05, 0) is 50.2 Å². The standard InChI is InChI=1S/C18H30N4O/c1-4-18(9-7-10-18)14-22-17(19-5-2)21-13-15-8-11-20-16(12-15)23-6-3/h8,11-12H,4-7,9-10,13-14H2,1-3H3,(H2,19,21,22). The van der Waals surface area contributed by atoms with Crippen LogP contribution in [0.1, 0.15) is 52.0 Å². The molecule has 0 atom stereocenters. The van der Waals surface area contributed by atoms with E-state index in [0.29, 0.717) is 24.4 Å². The van der Waals surface area contributed by atoms with Crippen LogP contribution in [-0.2, 0) is 6.54 Å². The lowest BCUT2D eigenvalue weighted by Gasteiger charge is -2.41. The molecular weight excluding hydrogens is 288 g/mol. The van der Waals surface area contributed by atoms with Crippen LogP contribution in [0.5, 0.6) is 5.88 Å². The van der Waals surface area contributed by atoms with Crippen LogP contribution < -0.4 is 15.4 Å². The Labute approximate surface area is 139 Å². The molecule has 0 spiro atoms. The number of nitrogens with one attached hydrogen (secondary N) is 2. The zero-order valence-corrected chi connectivity index (χ0v) is 14.7. The Kier molecular flexibility index (Phi) is 6.68. The first-order chi connectivity index (χ1) is 11.2. The molecule has 5 heteroatoms. The molecule has 0 aliphatic heterocycles. The van der Waals surface area contributed by atoms with Crippen molar-refractivity contribution in [2.75, 3.05) is 19.7 Å². The molecule has 1 aromatic heterocycles. The molecule has 2 N–H and O–H groups in total. The molecule has 0 unspecified atom stereocenters. The molecular formula is C18H30N4O. The Bertz CT molecular complexity index is 506. The van der Waals surface area contributed by atoms with E-state index in [0.717, 1.165) is 24.6 Å². The zero-order chi connectivity index (χ0) is 16.5. The van der Waals surface area contributed by atoms with Gasteiger partial charge in [-0.25, -0.2) is 9.98 Å². The molecule has 1 saturated carbocycles. The van der Waals surface area contributed by atoms with Crippen molar-refractivity contribution in [2.24, 2.45) is 10.4 Å². The van der Waals surface area contributed by atoms with Crippen LogP contribution in [0.3, 0.4) is 0 Å². The predicted molar refractivity (Wildman–Crippen MR) is 94.8 cm³/mol. The van der Waals surface area contributed by atoms with E-state index >= 15 is 0 Å². The number of hydrogen-bond donors (Lipinski definition) is 2. The average Bonchev–Trinajstić information content (AvgIpc) is 2.52. The SMILES string of the molecule is CCNC(=NCc1ccnc(OCC)c1)NCC1(CC)CCC1. The minimum absolute atomic E-state index is 0.481. The Balaban J connectivity index is 1.93. The number of guanidine groups is 1. The first-order valence-electron chi connectivity index (χ1n) is 8.81. The van der Waals surface area contributed by atoms with Crippen molar-refractivity contribution in [3.05, 3.63) is 23.9 Å². The molecule has 128 valence electrons. The molecule has 1 aromatic rings. The van der Waals surface area contributed by atoms with Crippen molar-refractivity contribution >= 4 is 5.96 Å². The summed E-state index contributed by atoms with van der Waals surface area (Å²) in [6.07, 6.45) is 7.04. The summed E-state index contributed by atoms with van der Waals surface area (Å²) in [7, 11) is 0. The second-order valence-corrected chi connectivity index (χ2v) is 6.19. The van der Waals surface area contributed by atoms with E-state index in [1.54, 1.807) is 6.20 Å². The Hall–Kier alpha value is -1.78. The summed E-state index contributed by atoms with van der Waals surface area (Å²) < 4.78 is 5.44. The number of hydrogen-bond acceptors (Lipinski definition) is 3. The van der Waals surface area contributed by atoms with Gasteiger partial charge >= 0.3 is 0 Å². The van der Waals surface area contributed by atoms with E-state index in [1.165, 1.54) is 25.7 Å². The normalized spacial score (nSPS) is 16.6. The van der Waals surface area contributed by atoms with Gasteiger partial charge in [0.1, 0.15) is 0 Å². The van der Waals surface area contributed by atoms with Crippen molar-refractivity contribution in [1.29, 1.82) is 0 Å². The zero-order valence-electron chi connectivity index (χ0n) is 14.7. The summed E-state index contributed by atoms with van der Waals surface area (Å²) in [5, 5.41) is 6.85. The van der Waals surface area contributed by atoms with Crippen molar-refractivity contribution in [1.82, 2.24) is 15.6 Å². The highest BCUT2D eigenvalue weighted by molar-refractivity contribution is 5.79. The third-order valence-electron chi connectivity index (χ3n) is 4.65. The molecule has 0 aromatic carbocycles. The van der Waals surface area contributed by atoms with Crippen LogP contribution in [-0.4, -0.2) is 30.6 Å². The second-order valence-electron chi connectivity index (χ2n) is 6.19. The minimum atomic E-state index is 0.481. The molecule has 0 radical (unpaired) electrons. The first kappa shape index (κ1) is 17.6. The van der Waals surface area contributed by atoms with Gasteiger partial charge in [0.05, 0.1) is 13.2 Å². The number of pyridine rings is 1. The highest BCUT2D eigenvalue weighted by Gasteiger charge is 2.34. The molecule has 1 aliphatic carbocycles. The highest BCUT2D eigenvalue weighted by Crippen LogP contribution is 2.42. The summed E-state index contributed by atoms with van der Waals surface area (Å²) in [5.74, 6) is 1.56. The lowest BCUT2D eigenvalue weighted by molar-refractivity contribution is 0.131. The smallest absolute Gasteiger partial charge is 0.213 e. The molecule has 23 heavy (non-hydrogen) atoms. The fraction of sp³-hybridized carbons (Fsp3) is 0.667. The number of ether oxygens (including phenoxy) is 1. The maximum atomic E-state index is 5.44. The maximum Gasteiger partial charge on any atom is 0.213 e. The van der Waals surface area contributed by atoms with Crippen LogP contribution in [0.25, 0.3) is 0 Å². The summed E-state index contributed by atoms with van der Waals surface area (Å²) in [6.45, 7) is 9.47. The van der Waals surface area contributed by atoms with E-state index < -0.39 is 0 Å². The van der Waals surface area contributed by atoms with Gasteiger partial charge in [0.2, 0.25) is 5.88 Å². The van der Waals surface area contributed by atoms with Gasteiger partial charge in [-0.15, -0.1) is 0 Å². The van der Waals surface area contributed by atoms with E-state index in [2.05, 4.69) is 29.5 Å². The van der Waals surface area contributed by atoms with Gasteiger partial charge in [0, 0.05) is 25.4 Å². The van der Waals surface area contributed by atoms with Crippen LogP contribution >= 0.6 is 0 Å². The number of nitrogens with zero attached hydrogens (tertiary/aromatic N) is 2. The van der Waals surface area contributed by atoms with Crippen molar-refractivity contribution in [3.8, 4) is 5.88 Å². The van der Waals surface area contributed by atoms with Crippen molar-refractivity contribution in [3.63, 3.8) is 0 Å². The Morgan fingerprint density at radius 3 is 2.74 bits per heavy atom. The summed E-state index contributed by atoms with van der Waals surface area (Å²) in [4.78, 5) is 8.88. The Morgan fingerprint density at radius 1 is 1.30 bits per heavy atom. The van der Waals surface area contributed by atoms with Crippen molar-refractivity contribution < 1.29 is 4.74 Å². The fourth-order valence-corrected chi connectivity index (χ4v) is 2.89. The predicted octanol–water partition coefficient (Wildman–Crippen LogP) is 3.12. The first-order valence-corrected chi connectivity index (χ1v) is 8.81. The van der Waals surface area contributed by atoms with Crippen LogP contribution in [0.15, 0.2) is 23.3 Å². The molecule has 2 rings (SSSR count). The van der Waals surface area contributed by atoms with Crippen LogP contribution in [0.4, 0.5) is 0 Å². The lowest BCUT2D eigenvalue weighted by Crippen LogP contribution is -2.46. The third-order valence-corrected chi connectivity index (χ3v) is 4.65. The molecule has 0 amide bonds. The number of rotatable bonds is 8. The van der Waals surface area contributed by atoms with Gasteiger partial charge in [0.15, 0.2) is 5.96 Å². The number of aliphatic imine (C=N–C) groups is 1. The molecule has 1 heterocycles. The van der Waals surface area contributed by atoms with Gasteiger partial charge < -0.3 is 15.4 Å². The van der Waals surface area contributed by atoms with Gasteiger partial charge in [-0.1, -0.05) is 13.3 Å². The molecule has 1 fully saturated rings. The van der Waals surface area contributed by atoms with Gasteiger partial charge in [-0.3, -0.25) is 0 Å². The van der Waals surface area contributed by atoms with E-state index in [-0.39, 0.29) is 0 Å². The Morgan fingerprint density at radius 2 is 2.13 bits per heavy atom. The van der Waals surface area contributed by atoms with Crippen molar-refractivity contribution in [2.45, 2.75) is 53.0 Å². The monoisotopic (exact) mass is 318 g/mol. The average molecular weight is 318 g/mol. The summed E-state index contributed by atoms with van der Waals surface area (Å²) in [6, 6.07) is 3.94.